The van der Waals surface area contributed by atoms with Crippen LogP contribution in [0, 0.1) is 5.41 Å². The number of aliphatic hydroxyl groups is 1. The summed E-state index contributed by atoms with van der Waals surface area (Å²) in [5.74, 6) is -0.367. The minimum absolute atomic E-state index is 0.214. The van der Waals surface area contributed by atoms with Crippen LogP contribution in [0.2, 0.25) is 0 Å². The summed E-state index contributed by atoms with van der Waals surface area (Å²) in [5, 5.41) is 10.8. The summed E-state index contributed by atoms with van der Waals surface area (Å²) < 4.78 is 17.5. The second-order valence-corrected chi connectivity index (χ2v) is 7.71. The second-order valence-electron chi connectivity index (χ2n) is 7.71. The Morgan fingerprint density at radius 2 is 1.72 bits per heavy atom. The Morgan fingerprint density at radius 3 is 2.32 bits per heavy atom. The van der Waals surface area contributed by atoms with Crippen LogP contribution in [-0.2, 0) is 19.0 Å². The van der Waals surface area contributed by atoms with Gasteiger partial charge in [-0.3, -0.25) is 4.79 Å². The van der Waals surface area contributed by atoms with Crippen LogP contribution in [0.3, 0.4) is 0 Å². The first-order valence-corrected chi connectivity index (χ1v) is 8.71. The average Bonchev–Trinajstić information content (AvgIpc) is 3.01. The Labute approximate surface area is 148 Å². The van der Waals surface area contributed by atoms with Gasteiger partial charge >= 0.3 is 5.97 Å². The quantitative estimate of drug-likeness (QED) is 0.671. The van der Waals surface area contributed by atoms with Gasteiger partial charge < -0.3 is 19.3 Å². The molecule has 5 heteroatoms. The van der Waals surface area contributed by atoms with Gasteiger partial charge in [-0.1, -0.05) is 42.5 Å². The van der Waals surface area contributed by atoms with Gasteiger partial charge in [0.15, 0.2) is 6.10 Å². The van der Waals surface area contributed by atoms with E-state index < -0.39 is 29.8 Å². The van der Waals surface area contributed by atoms with E-state index >= 15 is 0 Å². The van der Waals surface area contributed by atoms with Crippen LogP contribution >= 0.6 is 0 Å². The number of ether oxygens (including phenoxy) is 3. The highest BCUT2D eigenvalue weighted by Gasteiger charge is 2.50. The predicted molar refractivity (Wildman–Crippen MR) is 92.9 cm³/mol. The summed E-state index contributed by atoms with van der Waals surface area (Å²) in [7, 11) is 0. The Balaban J connectivity index is 1.74. The fourth-order valence-corrected chi connectivity index (χ4v) is 3.07. The third-order valence-electron chi connectivity index (χ3n) is 4.61. The number of aliphatic hydroxyl groups excluding tert-OH is 1. The van der Waals surface area contributed by atoms with Crippen molar-refractivity contribution < 1.29 is 24.1 Å². The van der Waals surface area contributed by atoms with Gasteiger partial charge in [0.1, 0.15) is 24.4 Å². The van der Waals surface area contributed by atoms with Crippen molar-refractivity contribution in [3.8, 4) is 0 Å². The summed E-state index contributed by atoms with van der Waals surface area (Å²) in [4.78, 5) is 12.3. The van der Waals surface area contributed by atoms with E-state index in [1.54, 1.807) is 20.8 Å². The summed E-state index contributed by atoms with van der Waals surface area (Å²) in [6.45, 7) is 7.28. The number of hydrogen-bond acceptors (Lipinski definition) is 5. The zero-order valence-electron chi connectivity index (χ0n) is 15.1. The molecule has 0 aromatic heterocycles. The van der Waals surface area contributed by atoms with Gasteiger partial charge in [0, 0.05) is 0 Å². The number of fused-ring (bicyclic) bond motifs is 2. The standard InChI is InChI=1S/C20H26O5/c1-12(13-8-6-5-7-9-13)23-17-14-10-11-15(24-14)18(16(17)21)25-19(22)20(2,3)4/h5-12,14-18,21H,1-4H3/t12?,14-,15+,16+,17+,18-/m1/s1. The van der Waals surface area contributed by atoms with Crippen molar-refractivity contribution >= 4 is 5.97 Å². The lowest BCUT2D eigenvalue weighted by Crippen LogP contribution is -2.57. The molecule has 2 aliphatic heterocycles. The topological polar surface area (TPSA) is 65.0 Å². The van der Waals surface area contributed by atoms with Gasteiger partial charge in [0.05, 0.1) is 11.5 Å². The first kappa shape index (κ1) is 18.1. The van der Waals surface area contributed by atoms with Crippen molar-refractivity contribution in [2.24, 2.45) is 5.41 Å². The van der Waals surface area contributed by atoms with Crippen molar-refractivity contribution in [1.82, 2.24) is 0 Å². The van der Waals surface area contributed by atoms with Crippen molar-refractivity contribution in [3.63, 3.8) is 0 Å². The van der Waals surface area contributed by atoms with Crippen LogP contribution in [0.1, 0.15) is 39.4 Å². The Morgan fingerprint density at radius 1 is 1.12 bits per heavy atom. The van der Waals surface area contributed by atoms with Gasteiger partial charge in [0.2, 0.25) is 0 Å². The van der Waals surface area contributed by atoms with Crippen LogP contribution in [0.4, 0.5) is 0 Å². The van der Waals surface area contributed by atoms with Gasteiger partial charge in [-0.25, -0.2) is 0 Å². The molecule has 136 valence electrons. The van der Waals surface area contributed by atoms with Crippen molar-refractivity contribution in [1.29, 1.82) is 0 Å². The monoisotopic (exact) mass is 346 g/mol. The van der Waals surface area contributed by atoms with Crippen molar-refractivity contribution in [3.05, 3.63) is 48.0 Å². The molecular formula is C20H26O5. The van der Waals surface area contributed by atoms with Crippen LogP contribution in [0.15, 0.2) is 42.5 Å². The maximum Gasteiger partial charge on any atom is 0.311 e. The fourth-order valence-electron chi connectivity index (χ4n) is 3.07. The average molecular weight is 346 g/mol. The maximum atomic E-state index is 12.3. The van der Waals surface area contributed by atoms with E-state index in [1.165, 1.54) is 0 Å². The van der Waals surface area contributed by atoms with E-state index in [9.17, 15) is 9.90 Å². The van der Waals surface area contributed by atoms with Crippen LogP contribution in [0.25, 0.3) is 0 Å². The predicted octanol–water partition coefficient (Wildman–Crippen LogP) is 2.79. The van der Waals surface area contributed by atoms with E-state index in [4.69, 9.17) is 14.2 Å². The van der Waals surface area contributed by atoms with Gasteiger partial charge in [0.25, 0.3) is 0 Å². The maximum absolute atomic E-state index is 12.3. The van der Waals surface area contributed by atoms with E-state index in [0.717, 1.165) is 5.56 Å². The molecule has 1 fully saturated rings. The molecule has 1 aromatic carbocycles. The normalized spacial score (nSPS) is 32.4. The Bertz CT molecular complexity index is 633. The highest BCUT2D eigenvalue weighted by Crippen LogP contribution is 2.35. The molecule has 0 saturated carbocycles. The van der Waals surface area contributed by atoms with Gasteiger partial charge in [-0.05, 0) is 33.3 Å². The fraction of sp³-hybridized carbons (Fsp3) is 0.550. The summed E-state index contributed by atoms with van der Waals surface area (Å²) in [6.07, 6.45) is 0.420. The van der Waals surface area contributed by atoms with E-state index in [0.29, 0.717) is 0 Å². The van der Waals surface area contributed by atoms with E-state index in [2.05, 4.69) is 0 Å². The Kier molecular flexibility index (Phi) is 5.00. The third kappa shape index (κ3) is 3.78. The van der Waals surface area contributed by atoms with Crippen molar-refractivity contribution in [2.45, 2.75) is 64.3 Å². The van der Waals surface area contributed by atoms with Gasteiger partial charge in [-0.15, -0.1) is 0 Å². The number of benzene rings is 1. The molecule has 1 saturated heterocycles. The third-order valence-corrected chi connectivity index (χ3v) is 4.61. The molecule has 2 aliphatic rings. The zero-order valence-corrected chi connectivity index (χ0v) is 15.1. The summed E-state index contributed by atoms with van der Waals surface area (Å²) >= 11 is 0. The molecule has 0 aliphatic carbocycles. The van der Waals surface area contributed by atoms with Crippen LogP contribution < -0.4 is 0 Å². The highest BCUT2D eigenvalue weighted by atomic mass is 16.6. The molecule has 0 radical (unpaired) electrons. The van der Waals surface area contributed by atoms with Gasteiger partial charge in [-0.2, -0.15) is 0 Å². The van der Waals surface area contributed by atoms with Crippen LogP contribution in [0.5, 0.6) is 0 Å². The van der Waals surface area contributed by atoms with Crippen LogP contribution in [-0.4, -0.2) is 41.6 Å². The Hall–Kier alpha value is -1.69. The largest absolute Gasteiger partial charge is 0.456 e. The highest BCUT2D eigenvalue weighted by molar-refractivity contribution is 5.75. The second kappa shape index (κ2) is 6.90. The molecule has 0 amide bonds. The smallest absolute Gasteiger partial charge is 0.311 e. The number of rotatable bonds is 4. The lowest BCUT2D eigenvalue weighted by atomic mass is 9.95. The minimum atomic E-state index is -0.948. The molecule has 5 nitrogen and oxygen atoms in total. The molecular weight excluding hydrogens is 320 g/mol. The molecule has 1 aromatic rings. The molecule has 6 atom stereocenters. The molecule has 0 spiro atoms. The SMILES string of the molecule is CC(O[C@@H]1[C@H](O)[C@H](OC(=O)C(C)(C)C)[C@@H]2C=C[C@H]1O2)c1ccccc1. The lowest BCUT2D eigenvalue weighted by molar-refractivity contribution is -0.229. The molecule has 2 bridgehead atoms. The summed E-state index contributed by atoms with van der Waals surface area (Å²) in [6, 6.07) is 9.79. The van der Waals surface area contributed by atoms with E-state index in [1.807, 2.05) is 49.4 Å². The van der Waals surface area contributed by atoms with E-state index in [-0.39, 0.29) is 18.2 Å². The zero-order chi connectivity index (χ0) is 18.2. The number of hydrogen-bond donors (Lipinski definition) is 1. The summed E-state index contributed by atoms with van der Waals surface area (Å²) in [5.41, 5.74) is 0.370. The number of esters is 1. The number of carbonyl (C=O) groups is 1. The molecule has 1 unspecified atom stereocenters. The molecule has 2 heterocycles. The molecule has 1 N–H and O–H groups in total. The minimum Gasteiger partial charge on any atom is -0.456 e. The molecule has 25 heavy (non-hydrogen) atoms. The molecule has 3 rings (SSSR count). The first-order valence-electron chi connectivity index (χ1n) is 8.71. The lowest BCUT2D eigenvalue weighted by Gasteiger charge is -2.41. The first-order chi connectivity index (χ1) is 11.8. The van der Waals surface area contributed by atoms with Crippen molar-refractivity contribution in [2.75, 3.05) is 0 Å². The number of carbonyl (C=O) groups excluding carboxylic acids is 1.